The lowest BCUT2D eigenvalue weighted by atomic mass is 10.1. The lowest BCUT2D eigenvalue weighted by Gasteiger charge is -2.29. The lowest BCUT2D eigenvalue weighted by molar-refractivity contribution is 0.0954. The maximum atomic E-state index is 12.3. The predicted octanol–water partition coefficient (Wildman–Crippen LogP) is 2.59. The van der Waals surface area contributed by atoms with Crippen molar-refractivity contribution in [2.75, 3.05) is 44.4 Å². The third kappa shape index (κ3) is 5.97. The lowest BCUT2D eigenvalue weighted by Crippen LogP contribution is -2.33. The highest BCUT2D eigenvalue weighted by molar-refractivity contribution is 5.99. The van der Waals surface area contributed by atoms with Crippen molar-refractivity contribution < 1.29 is 14.3 Å². The average molecular weight is 508 g/mol. The highest BCUT2D eigenvalue weighted by Gasteiger charge is 2.21. The van der Waals surface area contributed by atoms with Crippen LogP contribution in [-0.2, 0) is 0 Å². The maximum absolute atomic E-state index is 12.3. The number of aryl methyl sites for hydroxylation is 1. The van der Waals surface area contributed by atoms with Gasteiger partial charge in [-0.1, -0.05) is 0 Å². The molecule has 1 aromatic carbocycles. The Labute approximate surface area is 215 Å². The Morgan fingerprint density at radius 1 is 1.24 bits per heavy atom. The first-order valence-electron chi connectivity index (χ1n) is 12.2. The van der Waals surface area contributed by atoms with Gasteiger partial charge in [-0.05, 0) is 58.0 Å². The Kier molecular flexibility index (Phi) is 7.87. The quantitative estimate of drug-likeness (QED) is 0.342. The Morgan fingerprint density at radius 3 is 2.76 bits per heavy atom. The molecule has 5 N–H and O–H groups in total. The van der Waals surface area contributed by atoms with Gasteiger partial charge in [0.25, 0.3) is 11.8 Å². The number of nitrogens with two attached hydrogens (primary N) is 1. The van der Waals surface area contributed by atoms with Crippen LogP contribution in [0.25, 0.3) is 0 Å². The van der Waals surface area contributed by atoms with Crippen molar-refractivity contribution in [3.8, 4) is 5.75 Å². The summed E-state index contributed by atoms with van der Waals surface area (Å²) in [4.78, 5) is 35.5. The van der Waals surface area contributed by atoms with Crippen LogP contribution in [0.15, 0.2) is 30.7 Å². The number of primary amides is 1. The van der Waals surface area contributed by atoms with Crippen LogP contribution >= 0.6 is 0 Å². The minimum absolute atomic E-state index is 0.112. The Bertz CT molecular complexity index is 1290. The molecule has 0 spiro atoms. The van der Waals surface area contributed by atoms with Crippen molar-refractivity contribution in [3.05, 3.63) is 47.4 Å². The van der Waals surface area contributed by atoms with Gasteiger partial charge in [0.05, 0.1) is 30.7 Å². The van der Waals surface area contributed by atoms with Gasteiger partial charge in [0.1, 0.15) is 17.1 Å². The first-order valence-corrected chi connectivity index (χ1v) is 12.2. The van der Waals surface area contributed by atoms with E-state index in [0.717, 1.165) is 37.2 Å². The van der Waals surface area contributed by atoms with E-state index < -0.39 is 5.91 Å². The maximum Gasteiger partial charge on any atom is 0.254 e. The number of carbonyl (C=O) groups excluding carboxylic acids is 2. The number of rotatable bonds is 9. The third-order valence-corrected chi connectivity index (χ3v) is 6.25. The second kappa shape index (κ2) is 11.2. The van der Waals surface area contributed by atoms with E-state index in [2.05, 4.69) is 43.0 Å². The van der Waals surface area contributed by atoms with Gasteiger partial charge in [0.2, 0.25) is 5.95 Å². The zero-order valence-corrected chi connectivity index (χ0v) is 21.5. The normalized spacial score (nSPS) is 15.7. The van der Waals surface area contributed by atoms with Gasteiger partial charge < -0.3 is 31.3 Å². The first kappa shape index (κ1) is 25.9. The SMILES string of the molecule is CCNC(=O)c1cc(C)c(Nc2nc(Nc3cnn(C4CCCN(C)C4)c3)ncc2C(N)=O)c(OC)c1. The summed E-state index contributed by atoms with van der Waals surface area (Å²) in [5.74, 6) is 0.00595. The number of piperidine rings is 1. The molecule has 0 bridgehead atoms. The molecule has 12 heteroatoms. The van der Waals surface area contributed by atoms with Gasteiger partial charge in [0.15, 0.2) is 0 Å². The van der Waals surface area contributed by atoms with Crippen LogP contribution in [0, 0.1) is 6.92 Å². The van der Waals surface area contributed by atoms with E-state index in [1.165, 1.54) is 13.3 Å². The Hall–Kier alpha value is -4.19. The highest BCUT2D eigenvalue weighted by Crippen LogP contribution is 2.33. The Morgan fingerprint density at radius 2 is 2.05 bits per heavy atom. The molecule has 3 aromatic rings. The fourth-order valence-corrected chi connectivity index (χ4v) is 4.39. The molecular formula is C25H33N9O3. The second-order valence-corrected chi connectivity index (χ2v) is 9.07. The summed E-state index contributed by atoms with van der Waals surface area (Å²) in [6.07, 6.45) is 7.22. The molecule has 1 unspecified atom stereocenters. The fraction of sp³-hybridized carbons (Fsp3) is 0.400. The van der Waals surface area contributed by atoms with Crippen molar-refractivity contribution in [3.63, 3.8) is 0 Å². The minimum atomic E-state index is -0.682. The van der Waals surface area contributed by atoms with Crippen LogP contribution in [0.2, 0.25) is 0 Å². The molecule has 37 heavy (non-hydrogen) atoms. The molecule has 4 rings (SSSR count). The number of anilines is 4. The largest absolute Gasteiger partial charge is 0.495 e. The number of likely N-dealkylation sites (N-methyl/N-ethyl adjacent to an activating group) is 1. The summed E-state index contributed by atoms with van der Waals surface area (Å²) < 4.78 is 7.49. The number of hydrogen-bond acceptors (Lipinski definition) is 9. The molecule has 0 saturated carbocycles. The third-order valence-electron chi connectivity index (χ3n) is 6.25. The van der Waals surface area contributed by atoms with Gasteiger partial charge in [-0.2, -0.15) is 10.1 Å². The number of aromatic nitrogens is 4. The molecule has 1 fully saturated rings. The molecule has 12 nitrogen and oxygen atoms in total. The van der Waals surface area contributed by atoms with E-state index in [-0.39, 0.29) is 23.2 Å². The second-order valence-electron chi connectivity index (χ2n) is 9.07. The predicted molar refractivity (Wildman–Crippen MR) is 141 cm³/mol. The molecule has 1 aliphatic heterocycles. The summed E-state index contributed by atoms with van der Waals surface area (Å²) in [5.41, 5.74) is 8.17. The van der Waals surface area contributed by atoms with E-state index in [4.69, 9.17) is 10.5 Å². The molecule has 0 radical (unpaired) electrons. The molecule has 1 atom stereocenters. The van der Waals surface area contributed by atoms with E-state index >= 15 is 0 Å². The van der Waals surface area contributed by atoms with Crippen molar-refractivity contribution in [2.45, 2.75) is 32.7 Å². The summed E-state index contributed by atoms with van der Waals surface area (Å²) in [5, 5.41) is 13.6. The molecular weight excluding hydrogens is 474 g/mol. The van der Waals surface area contributed by atoms with Gasteiger partial charge in [-0.25, -0.2) is 4.98 Å². The Balaban J connectivity index is 1.60. The summed E-state index contributed by atoms with van der Waals surface area (Å²) in [7, 11) is 3.62. The van der Waals surface area contributed by atoms with Crippen LogP contribution in [-0.4, -0.2) is 70.3 Å². The van der Waals surface area contributed by atoms with Crippen LogP contribution in [0.1, 0.15) is 52.1 Å². The van der Waals surface area contributed by atoms with Crippen molar-refractivity contribution in [1.29, 1.82) is 0 Å². The molecule has 3 heterocycles. The van der Waals surface area contributed by atoms with E-state index in [0.29, 0.717) is 29.6 Å². The van der Waals surface area contributed by atoms with E-state index in [1.807, 2.05) is 24.7 Å². The standard InChI is InChI=1S/C25H33N9O3/c1-5-27-24(36)16-9-15(2)21(20(10-16)37-4)31-23-19(22(26)35)12-28-25(32-23)30-17-11-29-34(13-17)18-7-6-8-33(3)14-18/h9-13,18H,5-8,14H2,1-4H3,(H2,26,35)(H,27,36)(H2,28,30,31,32). The summed E-state index contributed by atoms with van der Waals surface area (Å²) in [6.45, 7) is 6.23. The zero-order chi connectivity index (χ0) is 26.5. The zero-order valence-electron chi connectivity index (χ0n) is 21.5. The van der Waals surface area contributed by atoms with Gasteiger partial charge in [0, 0.05) is 31.0 Å². The van der Waals surface area contributed by atoms with Crippen LogP contribution in [0.4, 0.5) is 23.1 Å². The number of methoxy groups -OCH3 is 1. The van der Waals surface area contributed by atoms with Gasteiger partial charge >= 0.3 is 0 Å². The number of ether oxygens (including phenoxy) is 1. The first-order chi connectivity index (χ1) is 17.8. The van der Waals surface area contributed by atoms with E-state index in [1.54, 1.807) is 18.3 Å². The van der Waals surface area contributed by atoms with Crippen molar-refractivity contribution >= 4 is 35.0 Å². The molecule has 0 aliphatic carbocycles. The van der Waals surface area contributed by atoms with Crippen LogP contribution < -0.4 is 26.4 Å². The number of carbonyl (C=O) groups is 2. The number of benzene rings is 1. The van der Waals surface area contributed by atoms with Gasteiger partial charge in [-0.3, -0.25) is 14.3 Å². The highest BCUT2D eigenvalue weighted by atomic mass is 16.5. The number of amides is 2. The molecule has 196 valence electrons. The smallest absolute Gasteiger partial charge is 0.254 e. The number of nitrogens with zero attached hydrogens (tertiary/aromatic N) is 5. The molecule has 2 aromatic heterocycles. The monoisotopic (exact) mass is 507 g/mol. The minimum Gasteiger partial charge on any atom is -0.495 e. The van der Waals surface area contributed by atoms with Crippen LogP contribution in [0.5, 0.6) is 5.75 Å². The van der Waals surface area contributed by atoms with Crippen molar-refractivity contribution in [2.24, 2.45) is 5.73 Å². The van der Waals surface area contributed by atoms with Crippen molar-refractivity contribution in [1.82, 2.24) is 30.0 Å². The number of nitrogens with one attached hydrogen (secondary N) is 3. The molecule has 1 saturated heterocycles. The fourth-order valence-electron chi connectivity index (χ4n) is 4.39. The summed E-state index contributed by atoms with van der Waals surface area (Å²) in [6, 6.07) is 3.67. The van der Waals surface area contributed by atoms with Gasteiger partial charge in [-0.15, -0.1) is 0 Å². The van der Waals surface area contributed by atoms with Crippen LogP contribution in [0.3, 0.4) is 0 Å². The number of likely N-dealkylation sites (tertiary alicyclic amines) is 1. The topological polar surface area (TPSA) is 152 Å². The number of hydrogen-bond donors (Lipinski definition) is 4. The molecule has 2 amide bonds. The van der Waals surface area contributed by atoms with E-state index in [9.17, 15) is 9.59 Å². The summed E-state index contributed by atoms with van der Waals surface area (Å²) >= 11 is 0. The molecule has 1 aliphatic rings. The average Bonchev–Trinajstić information content (AvgIpc) is 3.33.